The summed E-state index contributed by atoms with van der Waals surface area (Å²) in [6.07, 6.45) is 1.53. The quantitative estimate of drug-likeness (QED) is 0.425. The van der Waals surface area contributed by atoms with Crippen LogP contribution in [0.5, 0.6) is 5.75 Å². The van der Waals surface area contributed by atoms with E-state index < -0.39 is 61.3 Å². The molecule has 1 aromatic carbocycles. The molecule has 0 spiro atoms. The number of amides is 2. The van der Waals surface area contributed by atoms with Crippen molar-refractivity contribution in [3.8, 4) is 11.8 Å². The van der Waals surface area contributed by atoms with Crippen molar-refractivity contribution in [2.75, 3.05) is 19.6 Å². The number of hydrogen-bond acceptors (Lipinski definition) is 7. The minimum atomic E-state index is -4.31. The van der Waals surface area contributed by atoms with Gasteiger partial charge in [0.05, 0.1) is 17.7 Å². The largest absolute Gasteiger partial charge is 0.431 e. The van der Waals surface area contributed by atoms with Crippen molar-refractivity contribution < 1.29 is 31.5 Å². The van der Waals surface area contributed by atoms with Crippen molar-refractivity contribution >= 4 is 21.7 Å². The van der Waals surface area contributed by atoms with Crippen LogP contribution in [0.2, 0.25) is 0 Å². The molecule has 5 rings (SSSR count). The Hall–Kier alpha value is -3.04. The highest BCUT2D eigenvalue weighted by Crippen LogP contribution is 2.47. The van der Waals surface area contributed by atoms with Gasteiger partial charge in [-0.25, -0.2) is 8.42 Å². The SMILES string of the molecule is C=CCC(F)(F)Oc1ccccc1S(=O)(=O)[C@@H]1C[C@@H](C(=O)NC2(C#N)CC2)N(C(=O)C2(N3CCCCC3)CC2)C1. The lowest BCUT2D eigenvalue weighted by atomic mass is 10.1. The number of halogens is 2. The molecule has 1 N–H and O–H groups in total. The third-order valence-electron chi connectivity index (χ3n) is 8.47. The van der Waals surface area contributed by atoms with Crippen molar-refractivity contribution in [2.45, 2.75) is 91.2 Å². The second-order valence-corrected chi connectivity index (χ2v) is 13.5. The van der Waals surface area contributed by atoms with E-state index in [2.05, 4.69) is 22.9 Å². The Balaban J connectivity index is 1.44. The van der Waals surface area contributed by atoms with Crippen molar-refractivity contribution in [1.82, 2.24) is 15.1 Å². The molecular weight excluding hydrogens is 542 g/mol. The van der Waals surface area contributed by atoms with E-state index in [0.29, 0.717) is 25.7 Å². The van der Waals surface area contributed by atoms with Gasteiger partial charge in [0, 0.05) is 6.54 Å². The van der Waals surface area contributed by atoms with E-state index in [1.807, 2.05) is 0 Å². The van der Waals surface area contributed by atoms with Crippen LogP contribution >= 0.6 is 0 Å². The number of piperidine rings is 1. The maximum absolute atomic E-state index is 14.3. The summed E-state index contributed by atoms with van der Waals surface area (Å²) in [5.74, 6) is -1.36. The molecule has 2 aliphatic carbocycles. The monoisotopic (exact) mass is 576 g/mol. The number of carbonyl (C=O) groups is 2. The first-order chi connectivity index (χ1) is 19.0. The lowest BCUT2D eigenvalue weighted by molar-refractivity contribution is -0.173. The fourth-order valence-corrected chi connectivity index (χ4v) is 7.71. The van der Waals surface area contributed by atoms with Gasteiger partial charge in [-0.05, 0) is 70.2 Å². The number of para-hydroxylation sites is 1. The van der Waals surface area contributed by atoms with Crippen molar-refractivity contribution in [3.05, 3.63) is 36.9 Å². The highest BCUT2D eigenvalue weighted by atomic mass is 32.2. The van der Waals surface area contributed by atoms with Crippen LogP contribution in [0, 0.1) is 11.3 Å². The Morgan fingerprint density at radius 1 is 1.18 bits per heavy atom. The fourth-order valence-electron chi connectivity index (χ4n) is 5.90. The molecule has 2 heterocycles. The van der Waals surface area contributed by atoms with E-state index in [9.17, 15) is 32.0 Å². The van der Waals surface area contributed by atoms with Gasteiger partial charge in [-0.2, -0.15) is 14.0 Å². The smallest absolute Gasteiger partial charge is 0.401 e. The van der Waals surface area contributed by atoms with E-state index in [1.165, 1.54) is 23.1 Å². The van der Waals surface area contributed by atoms with Crippen LogP contribution in [0.1, 0.15) is 57.8 Å². The minimum absolute atomic E-state index is 0.213. The molecule has 0 bridgehead atoms. The van der Waals surface area contributed by atoms with Crippen LogP contribution in [0.3, 0.4) is 0 Å². The average Bonchev–Trinajstić information content (AvgIpc) is 3.85. The molecule has 2 atom stereocenters. The zero-order valence-electron chi connectivity index (χ0n) is 22.3. The summed E-state index contributed by atoms with van der Waals surface area (Å²) >= 11 is 0. The van der Waals surface area contributed by atoms with Crippen molar-refractivity contribution in [1.29, 1.82) is 5.26 Å². The summed E-state index contributed by atoms with van der Waals surface area (Å²) in [6.45, 7) is 4.56. The number of hydrogen-bond donors (Lipinski definition) is 1. The van der Waals surface area contributed by atoms with Crippen molar-refractivity contribution in [3.63, 3.8) is 0 Å². The predicted octanol–water partition coefficient (Wildman–Crippen LogP) is 3.17. The van der Waals surface area contributed by atoms with Gasteiger partial charge in [-0.15, -0.1) is 6.58 Å². The molecule has 0 aromatic heterocycles. The third-order valence-corrected chi connectivity index (χ3v) is 10.6. The van der Waals surface area contributed by atoms with E-state index in [0.717, 1.165) is 44.5 Å². The highest BCUT2D eigenvalue weighted by Gasteiger charge is 2.60. The van der Waals surface area contributed by atoms with E-state index in [-0.39, 0.29) is 18.9 Å². The molecule has 0 unspecified atom stereocenters. The van der Waals surface area contributed by atoms with Gasteiger partial charge in [0.25, 0.3) is 0 Å². The molecule has 9 nitrogen and oxygen atoms in total. The number of alkyl halides is 2. The van der Waals surface area contributed by atoms with Crippen LogP contribution in [0.15, 0.2) is 41.8 Å². The van der Waals surface area contributed by atoms with E-state index in [1.54, 1.807) is 0 Å². The van der Waals surface area contributed by atoms with Gasteiger partial charge in [0.2, 0.25) is 11.8 Å². The van der Waals surface area contributed by atoms with Gasteiger partial charge >= 0.3 is 6.11 Å². The van der Waals surface area contributed by atoms with Crippen LogP contribution in [0.4, 0.5) is 8.78 Å². The summed E-state index contributed by atoms with van der Waals surface area (Å²) in [6, 6.07) is 6.15. The van der Waals surface area contributed by atoms with Crippen LogP contribution < -0.4 is 10.1 Å². The van der Waals surface area contributed by atoms with Gasteiger partial charge in [0.1, 0.15) is 27.8 Å². The molecule has 4 aliphatic rings. The zero-order chi connectivity index (χ0) is 28.8. The first-order valence-electron chi connectivity index (χ1n) is 13.8. The second kappa shape index (κ2) is 10.4. The van der Waals surface area contributed by atoms with Gasteiger partial charge < -0.3 is 15.0 Å². The second-order valence-electron chi connectivity index (χ2n) is 11.3. The molecule has 2 aliphatic heterocycles. The van der Waals surface area contributed by atoms with E-state index >= 15 is 0 Å². The number of sulfone groups is 1. The number of benzene rings is 1. The third kappa shape index (κ3) is 5.33. The number of ether oxygens (including phenoxy) is 1. The Bertz CT molecular complexity index is 1330. The first kappa shape index (κ1) is 28.5. The van der Waals surface area contributed by atoms with E-state index in [4.69, 9.17) is 4.74 Å². The van der Waals surface area contributed by atoms with Crippen LogP contribution in [-0.4, -0.2) is 78.1 Å². The van der Waals surface area contributed by atoms with Crippen LogP contribution in [-0.2, 0) is 19.4 Å². The molecule has 1 aromatic rings. The standard InChI is InChI=1S/C28H34F2N4O5S/c1-2-10-28(29,30)39-22-8-4-5-9-23(22)40(37,38)20-17-21(24(35)32-26(19-31)11-12-26)34(18-20)25(36)27(13-14-27)33-15-6-3-7-16-33/h2,4-5,8-9,20-21H,1,3,6-7,10-18H2,(H,32,35)/t20-,21+/m1/s1. The van der Waals surface area contributed by atoms with Gasteiger partial charge in [-0.3, -0.25) is 14.5 Å². The molecule has 216 valence electrons. The highest BCUT2D eigenvalue weighted by molar-refractivity contribution is 7.92. The number of carbonyl (C=O) groups excluding carboxylic acids is 2. The molecule has 12 heteroatoms. The van der Waals surface area contributed by atoms with Gasteiger partial charge in [-0.1, -0.05) is 24.6 Å². The summed E-state index contributed by atoms with van der Waals surface area (Å²) < 4.78 is 61.1. The summed E-state index contributed by atoms with van der Waals surface area (Å²) in [5, 5.41) is 11.0. The fraction of sp³-hybridized carbons (Fsp3) is 0.607. The minimum Gasteiger partial charge on any atom is -0.431 e. The van der Waals surface area contributed by atoms with Gasteiger partial charge in [0.15, 0.2) is 9.84 Å². The molecular formula is C28H34F2N4O5S. The Morgan fingerprint density at radius 2 is 1.85 bits per heavy atom. The topological polar surface area (TPSA) is 120 Å². The number of nitrogens with one attached hydrogen (secondary N) is 1. The Morgan fingerprint density at radius 3 is 2.45 bits per heavy atom. The molecule has 40 heavy (non-hydrogen) atoms. The molecule has 2 saturated carbocycles. The number of likely N-dealkylation sites (tertiary alicyclic amines) is 2. The predicted molar refractivity (Wildman–Crippen MR) is 141 cm³/mol. The Labute approximate surface area is 233 Å². The maximum atomic E-state index is 14.3. The number of rotatable bonds is 10. The lowest BCUT2D eigenvalue weighted by Gasteiger charge is -2.37. The zero-order valence-corrected chi connectivity index (χ0v) is 23.1. The molecule has 2 amide bonds. The Kier molecular flexibility index (Phi) is 7.42. The molecule has 2 saturated heterocycles. The summed E-state index contributed by atoms with van der Waals surface area (Å²) in [5.41, 5.74) is -1.75. The summed E-state index contributed by atoms with van der Waals surface area (Å²) in [4.78, 5) is 30.6. The maximum Gasteiger partial charge on any atom is 0.401 e. The van der Waals surface area contributed by atoms with Crippen LogP contribution in [0.25, 0.3) is 0 Å². The number of nitrogens with zero attached hydrogens (tertiary/aromatic N) is 3. The number of nitriles is 1. The molecule has 4 fully saturated rings. The van der Waals surface area contributed by atoms with Crippen molar-refractivity contribution in [2.24, 2.45) is 0 Å². The summed E-state index contributed by atoms with van der Waals surface area (Å²) in [7, 11) is -4.31. The molecule has 0 radical (unpaired) electrons. The lowest BCUT2D eigenvalue weighted by Crippen LogP contribution is -2.57. The average molecular weight is 577 g/mol. The normalized spacial score (nSPS) is 25.5. The first-order valence-corrected chi connectivity index (χ1v) is 15.3.